The maximum atomic E-state index is 13.6. The molecular formula is C26H37Cl3N4O6. The number of benzene rings is 1. The number of ether oxygens (including phenoxy) is 2. The van der Waals surface area contributed by atoms with E-state index in [1.54, 1.807) is 34.6 Å². The summed E-state index contributed by atoms with van der Waals surface area (Å²) in [5.41, 5.74) is 2.94. The Morgan fingerprint density at radius 1 is 1.08 bits per heavy atom. The minimum atomic E-state index is -1.76. The normalized spacial score (nSPS) is 17.7. The summed E-state index contributed by atoms with van der Waals surface area (Å²) in [5, 5.41) is 6.69. The van der Waals surface area contributed by atoms with Gasteiger partial charge in [-0.2, -0.15) is 0 Å². The Morgan fingerprint density at radius 3 is 2.28 bits per heavy atom. The van der Waals surface area contributed by atoms with E-state index in [4.69, 9.17) is 44.3 Å². The van der Waals surface area contributed by atoms with E-state index in [2.05, 4.69) is 16.1 Å². The Morgan fingerprint density at radius 2 is 1.72 bits per heavy atom. The minimum absolute atomic E-state index is 0.184. The van der Waals surface area contributed by atoms with E-state index >= 15 is 0 Å². The maximum absolute atomic E-state index is 13.6. The van der Waals surface area contributed by atoms with Crippen molar-refractivity contribution >= 4 is 58.7 Å². The first-order valence-electron chi connectivity index (χ1n) is 12.7. The van der Waals surface area contributed by atoms with Gasteiger partial charge in [0.15, 0.2) is 0 Å². The molecule has 3 atom stereocenters. The number of hydrogen-bond acceptors (Lipinski definition) is 7. The number of carbonyl (C=O) groups is 4. The fourth-order valence-corrected chi connectivity index (χ4v) is 4.00. The smallest absolute Gasteiger partial charge is 0.408 e. The number of hydrazine groups is 1. The standard InChI is InChI=1S/C26H37Cl3N4O6/c1-16(2)20(31-24(37)39-25(3,4)5)21(34)30-19(14-17-10-7-6-8-11-17)22(35)33-13-9-12-18(32-33)23(36)38-15-26(27,28)29/h6-8,10-11,16,18-20,32H,9,12-15H2,1-5H3,(H,30,34)(H,31,37). The van der Waals surface area contributed by atoms with E-state index in [9.17, 15) is 19.2 Å². The molecule has 0 saturated carbocycles. The molecule has 1 aromatic rings. The highest BCUT2D eigenvalue weighted by atomic mass is 35.6. The highest BCUT2D eigenvalue weighted by molar-refractivity contribution is 6.67. The van der Waals surface area contributed by atoms with Crippen LogP contribution in [0.4, 0.5) is 4.79 Å². The number of nitrogens with zero attached hydrogens (tertiary/aromatic N) is 1. The first-order chi connectivity index (χ1) is 18.1. The lowest BCUT2D eigenvalue weighted by atomic mass is 10.0. The summed E-state index contributed by atoms with van der Waals surface area (Å²) >= 11 is 17.0. The average molecular weight is 608 g/mol. The molecule has 0 spiro atoms. The summed E-state index contributed by atoms with van der Waals surface area (Å²) in [7, 11) is 0. The molecule has 1 saturated heterocycles. The molecule has 0 aromatic heterocycles. The first-order valence-corrected chi connectivity index (χ1v) is 13.8. The van der Waals surface area contributed by atoms with E-state index in [0.29, 0.717) is 19.4 Å². The lowest BCUT2D eigenvalue weighted by Crippen LogP contribution is -2.62. The number of amides is 3. The fraction of sp³-hybridized carbons (Fsp3) is 0.615. The van der Waals surface area contributed by atoms with Gasteiger partial charge in [-0.15, -0.1) is 0 Å². The SMILES string of the molecule is CC(C)C(NC(=O)OC(C)(C)C)C(=O)NC(Cc1ccccc1)C(=O)N1CCCC(C(=O)OCC(Cl)(Cl)Cl)N1. The molecule has 0 radical (unpaired) electrons. The van der Waals surface area contributed by atoms with Gasteiger partial charge in [0.25, 0.3) is 5.91 Å². The van der Waals surface area contributed by atoms with Gasteiger partial charge in [-0.3, -0.25) is 19.4 Å². The number of hydrogen-bond donors (Lipinski definition) is 3. The molecule has 0 aliphatic carbocycles. The monoisotopic (exact) mass is 606 g/mol. The molecule has 3 amide bonds. The Labute approximate surface area is 244 Å². The third kappa shape index (κ3) is 11.8. The van der Waals surface area contributed by atoms with Crippen LogP contribution >= 0.6 is 34.8 Å². The predicted octanol–water partition coefficient (Wildman–Crippen LogP) is 3.67. The van der Waals surface area contributed by atoms with Gasteiger partial charge in [0.2, 0.25) is 9.70 Å². The molecular weight excluding hydrogens is 571 g/mol. The number of halogens is 3. The van der Waals surface area contributed by atoms with E-state index < -0.39 is 58.0 Å². The van der Waals surface area contributed by atoms with Crippen LogP contribution in [-0.4, -0.2) is 69.6 Å². The number of nitrogens with one attached hydrogen (secondary N) is 3. The van der Waals surface area contributed by atoms with Crippen molar-refractivity contribution in [3.8, 4) is 0 Å². The first kappa shape index (κ1) is 32.9. The van der Waals surface area contributed by atoms with Crippen LogP contribution in [0.2, 0.25) is 0 Å². The minimum Gasteiger partial charge on any atom is -0.460 e. The molecule has 10 nitrogen and oxygen atoms in total. The van der Waals surface area contributed by atoms with E-state index in [1.807, 2.05) is 30.3 Å². The van der Waals surface area contributed by atoms with E-state index in [-0.39, 0.29) is 12.3 Å². The molecule has 0 bridgehead atoms. The van der Waals surface area contributed by atoms with Crippen molar-refractivity contribution in [2.24, 2.45) is 5.92 Å². The average Bonchev–Trinajstić information content (AvgIpc) is 2.84. The Bertz CT molecular complexity index is 998. The van der Waals surface area contributed by atoms with Crippen molar-refractivity contribution in [1.29, 1.82) is 0 Å². The van der Waals surface area contributed by atoms with Crippen LogP contribution in [0.3, 0.4) is 0 Å². The number of alkyl carbamates (subject to hydrolysis) is 1. The molecule has 1 heterocycles. The quantitative estimate of drug-likeness (QED) is 0.289. The van der Waals surface area contributed by atoms with Crippen LogP contribution in [0, 0.1) is 5.92 Å². The summed E-state index contributed by atoms with van der Waals surface area (Å²) in [4.78, 5) is 51.9. The molecule has 3 unspecified atom stereocenters. The highest BCUT2D eigenvalue weighted by Gasteiger charge is 2.36. The Balaban J connectivity index is 2.19. The topological polar surface area (TPSA) is 126 Å². The second-order valence-electron chi connectivity index (χ2n) is 10.7. The van der Waals surface area contributed by atoms with Crippen LogP contribution < -0.4 is 16.1 Å². The van der Waals surface area contributed by atoms with Crippen LogP contribution in [0.15, 0.2) is 30.3 Å². The number of alkyl halides is 3. The highest BCUT2D eigenvalue weighted by Crippen LogP contribution is 2.26. The molecule has 1 fully saturated rings. The molecule has 218 valence electrons. The number of carbonyl (C=O) groups excluding carboxylic acids is 4. The summed E-state index contributed by atoms with van der Waals surface area (Å²) in [6, 6.07) is 6.40. The van der Waals surface area contributed by atoms with Gasteiger partial charge in [-0.1, -0.05) is 79.0 Å². The molecule has 39 heavy (non-hydrogen) atoms. The van der Waals surface area contributed by atoms with E-state index in [0.717, 1.165) is 5.56 Å². The van der Waals surface area contributed by atoms with Gasteiger partial charge in [-0.25, -0.2) is 10.2 Å². The molecule has 1 aromatic carbocycles. The van der Waals surface area contributed by atoms with Gasteiger partial charge < -0.3 is 20.1 Å². The summed E-state index contributed by atoms with van der Waals surface area (Å²) in [5.74, 6) is -1.95. The third-order valence-corrected chi connectivity index (χ3v) is 5.96. The largest absolute Gasteiger partial charge is 0.460 e. The predicted molar refractivity (Wildman–Crippen MR) is 149 cm³/mol. The lowest BCUT2D eigenvalue weighted by molar-refractivity contribution is -0.153. The van der Waals surface area contributed by atoms with Crippen molar-refractivity contribution < 1.29 is 28.7 Å². The molecule has 2 rings (SSSR count). The Kier molecular flexibility index (Phi) is 12.2. The zero-order valence-corrected chi connectivity index (χ0v) is 25.0. The summed E-state index contributed by atoms with van der Waals surface area (Å²) in [6.07, 6.45) is 0.361. The number of rotatable bonds is 9. The van der Waals surface area contributed by atoms with Crippen molar-refractivity contribution in [2.75, 3.05) is 13.2 Å². The van der Waals surface area contributed by atoms with Crippen molar-refractivity contribution in [2.45, 2.75) is 81.4 Å². The summed E-state index contributed by atoms with van der Waals surface area (Å²) < 4.78 is 8.61. The van der Waals surface area contributed by atoms with Gasteiger partial charge in [-0.05, 0) is 45.1 Å². The van der Waals surface area contributed by atoms with Gasteiger partial charge in [0, 0.05) is 13.0 Å². The molecule has 13 heteroatoms. The zero-order chi connectivity index (χ0) is 29.4. The second kappa shape index (κ2) is 14.4. The Hall–Kier alpha value is -2.27. The van der Waals surface area contributed by atoms with Crippen LogP contribution in [0.25, 0.3) is 0 Å². The number of esters is 1. The van der Waals surface area contributed by atoms with Crippen LogP contribution in [0.1, 0.15) is 53.0 Å². The maximum Gasteiger partial charge on any atom is 0.408 e. The molecule has 1 aliphatic rings. The fourth-order valence-electron chi connectivity index (χ4n) is 3.84. The molecule has 3 N–H and O–H groups in total. The van der Waals surface area contributed by atoms with E-state index in [1.165, 1.54) is 5.01 Å². The van der Waals surface area contributed by atoms with Gasteiger partial charge >= 0.3 is 12.1 Å². The van der Waals surface area contributed by atoms with Gasteiger partial charge in [0.1, 0.15) is 30.3 Å². The third-order valence-electron chi connectivity index (χ3n) is 5.63. The van der Waals surface area contributed by atoms with Crippen molar-refractivity contribution in [1.82, 2.24) is 21.1 Å². The molecule has 1 aliphatic heterocycles. The van der Waals surface area contributed by atoms with Crippen LogP contribution in [-0.2, 0) is 30.3 Å². The zero-order valence-electron chi connectivity index (χ0n) is 22.8. The van der Waals surface area contributed by atoms with Crippen molar-refractivity contribution in [3.63, 3.8) is 0 Å². The lowest BCUT2D eigenvalue weighted by Gasteiger charge is -2.35. The van der Waals surface area contributed by atoms with Gasteiger partial charge in [0.05, 0.1) is 0 Å². The summed E-state index contributed by atoms with van der Waals surface area (Å²) in [6.45, 7) is 8.58. The van der Waals surface area contributed by atoms with Crippen molar-refractivity contribution in [3.05, 3.63) is 35.9 Å². The second-order valence-corrected chi connectivity index (χ2v) is 13.2. The van der Waals surface area contributed by atoms with Crippen LogP contribution in [0.5, 0.6) is 0 Å².